The number of carbonyl (C=O) groups is 2. The summed E-state index contributed by atoms with van der Waals surface area (Å²) in [5.41, 5.74) is 0.550. The van der Waals surface area contributed by atoms with Crippen LogP contribution in [0.2, 0.25) is 0 Å². The third-order valence-corrected chi connectivity index (χ3v) is 3.92. The summed E-state index contributed by atoms with van der Waals surface area (Å²) >= 11 is 3.32. The molecule has 0 spiro atoms. The van der Waals surface area contributed by atoms with Crippen molar-refractivity contribution in [2.45, 2.75) is 19.3 Å². The Labute approximate surface area is 121 Å². The van der Waals surface area contributed by atoms with Crippen LogP contribution in [0.25, 0.3) is 0 Å². The van der Waals surface area contributed by atoms with Gasteiger partial charge in [0.15, 0.2) is 0 Å². The normalized spacial score (nSPS) is 15.1. The molecule has 0 aliphatic carbocycles. The Morgan fingerprint density at radius 2 is 1.84 bits per heavy atom. The van der Waals surface area contributed by atoms with Gasteiger partial charge in [0.05, 0.1) is 12.1 Å². The zero-order valence-corrected chi connectivity index (χ0v) is 12.3. The van der Waals surface area contributed by atoms with Crippen molar-refractivity contribution < 1.29 is 9.59 Å². The van der Waals surface area contributed by atoms with E-state index in [9.17, 15) is 9.59 Å². The third-order valence-electron chi connectivity index (χ3n) is 3.23. The van der Waals surface area contributed by atoms with Crippen LogP contribution >= 0.6 is 15.9 Å². The Morgan fingerprint density at radius 3 is 2.53 bits per heavy atom. The first-order valence-electron chi connectivity index (χ1n) is 6.49. The van der Waals surface area contributed by atoms with Gasteiger partial charge < -0.3 is 10.2 Å². The van der Waals surface area contributed by atoms with E-state index in [1.54, 1.807) is 18.2 Å². The van der Waals surface area contributed by atoms with Crippen molar-refractivity contribution in [3.8, 4) is 0 Å². The van der Waals surface area contributed by atoms with Crippen molar-refractivity contribution >= 4 is 27.7 Å². The predicted molar refractivity (Wildman–Crippen MR) is 76.9 cm³/mol. The fourth-order valence-electron chi connectivity index (χ4n) is 2.15. The molecule has 1 aromatic carbocycles. The molecule has 2 rings (SSSR count). The molecule has 2 amide bonds. The highest BCUT2D eigenvalue weighted by Gasteiger charge is 2.17. The van der Waals surface area contributed by atoms with E-state index in [-0.39, 0.29) is 18.4 Å². The van der Waals surface area contributed by atoms with E-state index < -0.39 is 0 Å². The lowest BCUT2D eigenvalue weighted by atomic mass is 10.1. The fourth-order valence-corrected chi connectivity index (χ4v) is 2.62. The topological polar surface area (TPSA) is 49.4 Å². The Bertz CT molecular complexity index is 470. The molecular weight excluding hydrogens is 308 g/mol. The van der Waals surface area contributed by atoms with Crippen molar-refractivity contribution in [2.75, 3.05) is 19.6 Å². The average Bonchev–Trinajstić information content (AvgIpc) is 2.46. The number of amides is 2. The van der Waals surface area contributed by atoms with Gasteiger partial charge in [0, 0.05) is 17.6 Å². The van der Waals surface area contributed by atoms with Crippen LogP contribution in [-0.4, -0.2) is 36.3 Å². The second-order valence-corrected chi connectivity index (χ2v) is 5.46. The minimum atomic E-state index is -0.224. The second kappa shape index (κ2) is 6.70. The van der Waals surface area contributed by atoms with E-state index in [2.05, 4.69) is 21.2 Å². The molecule has 1 aromatic rings. The number of halogens is 1. The maximum absolute atomic E-state index is 11.9. The van der Waals surface area contributed by atoms with Crippen LogP contribution in [0.1, 0.15) is 29.6 Å². The molecule has 5 heteroatoms. The summed E-state index contributed by atoms with van der Waals surface area (Å²) in [7, 11) is 0. The molecule has 0 aromatic heterocycles. The van der Waals surface area contributed by atoms with E-state index in [4.69, 9.17) is 0 Å². The molecule has 1 N–H and O–H groups in total. The summed E-state index contributed by atoms with van der Waals surface area (Å²) in [6.45, 7) is 1.69. The highest BCUT2D eigenvalue weighted by atomic mass is 79.9. The van der Waals surface area contributed by atoms with Crippen molar-refractivity contribution in [1.82, 2.24) is 10.2 Å². The molecule has 1 heterocycles. The number of piperidine rings is 1. The van der Waals surface area contributed by atoms with Gasteiger partial charge in [-0.05, 0) is 47.3 Å². The largest absolute Gasteiger partial charge is 0.343 e. The molecule has 0 atom stereocenters. The van der Waals surface area contributed by atoms with Gasteiger partial charge in [-0.15, -0.1) is 0 Å². The highest BCUT2D eigenvalue weighted by molar-refractivity contribution is 9.10. The van der Waals surface area contributed by atoms with E-state index >= 15 is 0 Å². The van der Waals surface area contributed by atoms with Crippen molar-refractivity contribution in [2.24, 2.45) is 0 Å². The van der Waals surface area contributed by atoms with Crippen LogP contribution in [0.5, 0.6) is 0 Å². The maximum Gasteiger partial charge on any atom is 0.252 e. The summed E-state index contributed by atoms with van der Waals surface area (Å²) < 4.78 is 0.734. The first-order chi connectivity index (χ1) is 9.18. The minimum Gasteiger partial charge on any atom is -0.343 e. The monoisotopic (exact) mass is 324 g/mol. The molecule has 19 heavy (non-hydrogen) atoms. The molecule has 1 aliphatic heterocycles. The van der Waals surface area contributed by atoms with Crippen molar-refractivity contribution in [3.05, 3.63) is 34.3 Å². The summed E-state index contributed by atoms with van der Waals surface area (Å²) in [6.07, 6.45) is 3.31. The molecule has 0 saturated carbocycles. The Hall–Kier alpha value is -1.36. The number of hydrogen-bond donors (Lipinski definition) is 1. The zero-order valence-electron chi connectivity index (χ0n) is 10.7. The number of benzene rings is 1. The molecule has 1 aliphatic rings. The van der Waals surface area contributed by atoms with E-state index in [1.807, 2.05) is 11.0 Å². The number of nitrogens with zero attached hydrogens (tertiary/aromatic N) is 1. The minimum absolute atomic E-state index is 0.0000959. The van der Waals surface area contributed by atoms with E-state index in [0.29, 0.717) is 5.56 Å². The summed E-state index contributed by atoms with van der Waals surface area (Å²) in [4.78, 5) is 25.7. The smallest absolute Gasteiger partial charge is 0.252 e. The summed E-state index contributed by atoms with van der Waals surface area (Å²) in [5.74, 6) is -0.224. The van der Waals surface area contributed by atoms with Gasteiger partial charge in [-0.25, -0.2) is 0 Å². The molecule has 4 nitrogen and oxygen atoms in total. The number of carbonyl (C=O) groups excluding carboxylic acids is 2. The molecule has 0 radical (unpaired) electrons. The van der Waals surface area contributed by atoms with Gasteiger partial charge >= 0.3 is 0 Å². The summed E-state index contributed by atoms with van der Waals surface area (Å²) in [5, 5.41) is 2.68. The number of likely N-dealkylation sites (tertiary alicyclic amines) is 1. The number of hydrogen-bond acceptors (Lipinski definition) is 2. The first kappa shape index (κ1) is 14.1. The van der Waals surface area contributed by atoms with Crippen LogP contribution < -0.4 is 5.32 Å². The Kier molecular flexibility index (Phi) is 4.96. The predicted octanol–water partition coefficient (Wildman–Crippen LogP) is 2.19. The van der Waals surface area contributed by atoms with Crippen LogP contribution in [0.3, 0.4) is 0 Å². The van der Waals surface area contributed by atoms with Gasteiger partial charge in [0.1, 0.15) is 0 Å². The molecular formula is C14H17BrN2O2. The van der Waals surface area contributed by atoms with Crippen LogP contribution in [0, 0.1) is 0 Å². The van der Waals surface area contributed by atoms with Gasteiger partial charge in [0.25, 0.3) is 5.91 Å². The van der Waals surface area contributed by atoms with Crippen LogP contribution in [0.4, 0.5) is 0 Å². The Morgan fingerprint density at radius 1 is 1.16 bits per heavy atom. The van der Waals surface area contributed by atoms with Crippen LogP contribution in [-0.2, 0) is 4.79 Å². The average molecular weight is 325 g/mol. The van der Waals surface area contributed by atoms with Crippen LogP contribution in [0.15, 0.2) is 28.7 Å². The highest BCUT2D eigenvalue weighted by Crippen LogP contribution is 2.15. The second-order valence-electron chi connectivity index (χ2n) is 4.60. The standard InChI is InChI=1S/C14H17BrN2O2/c15-12-7-3-2-6-11(12)14(19)16-10-13(18)17-8-4-1-5-9-17/h2-3,6-7H,1,4-5,8-10H2,(H,16,19). The quantitative estimate of drug-likeness (QED) is 0.926. The number of nitrogens with one attached hydrogen (secondary N) is 1. The van der Waals surface area contributed by atoms with Gasteiger partial charge in [0.2, 0.25) is 5.91 Å². The van der Waals surface area contributed by atoms with E-state index in [0.717, 1.165) is 30.4 Å². The van der Waals surface area contributed by atoms with Gasteiger partial charge in [-0.2, -0.15) is 0 Å². The SMILES string of the molecule is O=C(NCC(=O)N1CCCCC1)c1ccccc1Br. The zero-order chi connectivity index (χ0) is 13.7. The van der Waals surface area contributed by atoms with Gasteiger partial charge in [-0.3, -0.25) is 9.59 Å². The first-order valence-corrected chi connectivity index (χ1v) is 7.28. The maximum atomic E-state index is 11.9. The lowest BCUT2D eigenvalue weighted by molar-refractivity contribution is -0.130. The lowest BCUT2D eigenvalue weighted by Crippen LogP contribution is -2.42. The van der Waals surface area contributed by atoms with Crippen molar-refractivity contribution in [3.63, 3.8) is 0 Å². The van der Waals surface area contributed by atoms with Gasteiger partial charge in [-0.1, -0.05) is 12.1 Å². The van der Waals surface area contributed by atoms with E-state index in [1.165, 1.54) is 6.42 Å². The lowest BCUT2D eigenvalue weighted by Gasteiger charge is -2.26. The summed E-state index contributed by atoms with van der Waals surface area (Å²) in [6, 6.07) is 7.18. The fraction of sp³-hybridized carbons (Fsp3) is 0.429. The Balaban J connectivity index is 1.86. The number of rotatable bonds is 3. The third kappa shape index (κ3) is 3.80. The molecule has 0 bridgehead atoms. The molecule has 0 unspecified atom stereocenters. The molecule has 1 saturated heterocycles. The molecule has 102 valence electrons. The molecule has 1 fully saturated rings. The van der Waals surface area contributed by atoms with Crippen molar-refractivity contribution in [1.29, 1.82) is 0 Å².